The molecular formula is C19H22N2O. The van der Waals surface area contributed by atoms with Crippen LogP contribution in [0, 0.1) is 0 Å². The van der Waals surface area contributed by atoms with Gasteiger partial charge in [-0.2, -0.15) is 0 Å². The molecule has 1 aliphatic rings. The smallest absolute Gasteiger partial charge is 0.253 e. The first kappa shape index (κ1) is 14.6. The Kier molecular flexibility index (Phi) is 4.14. The maximum absolute atomic E-state index is 12.7. The van der Waals surface area contributed by atoms with Crippen LogP contribution in [0.15, 0.2) is 54.6 Å². The lowest BCUT2D eigenvalue weighted by Crippen LogP contribution is -2.28. The third-order valence-corrected chi connectivity index (χ3v) is 4.36. The fraction of sp³-hybridized carbons (Fsp3) is 0.316. The molecule has 2 aromatic rings. The van der Waals surface area contributed by atoms with Gasteiger partial charge in [-0.1, -0.05) is 36.4 Å². The first-order valence-electron chi connectivity index (χ1n) is 7.77. The van der Waals surface area contributed by atoms with Crippen LogP contribution in [0.5, 0.6) is 0 Å². The van der Waals surface area contributed by atoms with Crippen molar-refractivity contribution in [1.29, 1.82) is 0 Å². The molecule has 0 aromatic heterocycles. The van der Waals surface area contributed by atoms with Crippen LogP contribution >= 0.6 is 0 Å². The Morgan fingerprint density at radius 1 is 1.09 bits per heavy atom. The molecule has 3 rings (SSSR count). The first-order chi connectivity index (χ1) is 10.6. The lowest BCUT2D eigenvalue weighted by atomic mass is 9.99. The number of hydrogen-bond acceptors (Lipinski definition) is 2. The average molecular weight is 294 g/mol. The molecule has 2 aromatic carbocycles. The zero-order valence-corrected chi connectivity index (χ0v) is 13.2. The SMILES string of the molecule is CN(C)c1cccc(C(=O)N2CCC(c3ccccc3)C2)c1. The summed E-state index contributed by atoms with van der Waals surface area (Å²) in [5.74, 6) is 0.601. The van der Waals surface area contributed by atoms with E-state index in [-0.39, 0.29) is 5.91 Å². The third kappa shape index (κ3) is 2.98. The Morgan fingerprint density at radius 3 is 2.59 bits per heavy atom. The Bertz CT molecular complexity index is 651. The second-order valence-electron chi connectivity index (χ2n) is 6.09. The van der Waals surface area contributed by atoms with Crippen molar-refractivity contribution in [2.45, 2.75) is 12.3 Å². The average Bonchev–Trinajstić information content (AvgIpc) is 3.05. The molecule has 0 bridgehead atoms. The van der Waals surface area contributed by atoms with E-state index >= 15 is 0 Å². The molecule has 0 spiro atoms. The molecule has 1 atom stereocenters. The standard InChI is InChI=1S/C19H22N2O/c1-20(2)18-10-6-9-16(13-18)19(22)21-12-11-17(14-21)15-7-4-3-5-8-15/h3-10,13,17H,11-12,14H2,1-2H3. The zero-order chi connectivity index (χ0) is 15.5. The summed E-state index contributed by atoms with van der Waals surface area (Å²) in [6, 6.07) is 18.3. The van der Waals surface area contributed by atoms with Gasteiger partial charge in [0.25, 0.3) is 5.91 Å². The van der Waals surface area contributed by atoms with E-state index in [0.717, 1.165) is 30.8 Å². The van der Waals surface area contributed by atoms with Crippen LogP contribution in [0.2, 0.25) is 0 Å². The van der Waals surface area contributed by atoms with Crippen molar-refractivity contribution in [3.8, 4) is 0 Å². The number of hydrogen-bond donors (Lipinski definition) is 0. The van der Waals surface area contributed by atoms with Crippen molar-refractivity contribution >= 4 is 11.6 Å². The molecule has 0 saturated carbocycles. The molecule has 22 heavy (non-hydrogen) atoms. The van der Waals surface area contributed by atoms with Crippen LogP contribution in [-0.2, 0) is 0 Å². The third-order valence-electron chi connectivity index (χ3n) is 4.36. The summed E-state index contributed by atoms with van der Waals surface area (Å²) < 4.78 is 0. The van der Waals surface area contributed by atoms with Crippen molar-refractivity contribution < 1.29 is 4.79 Å². The van der Waals surface area contributed by atoms with Gasteiger partial charge in [0.2, 0.25) is 0 Å². The summed E-state index contributed by atoms with van der Waals surface area (Å²) in [4.78, 5) is 16.7. The quantitative estimate of drug-likeness (QED) is 0.866. The number of nitrogens with zero attached hydrogens (tertiary/aromatic N) is 2. The highest BCUT2D eigenvalue weighted by atomic mass is 16.2. The number of anilines is 1. The maximum atomic E-state index is 12.7. The minimum absolute atomic E-state index is 0.141. The summed E-state index contributed by atoms with van der Waals surface area (Å²) in [7, 11) is 3.98. The van der Waals surface area contributed by atoms with E-state index in [1.54, 1.807) is 0 Å². The Morgan fingerprint density at radius 2 is 1.86 bits per heavy atom. The molecular weight excluding hydrogens is 272 g/mol. The number of carbonyl (C=O) groups excluding carboxylic acids is 1. The molecule has 3 heteroatoms. The summed E-state index contributed by atoms with van der Waals surface area (Å²) in [6.07, 6.45) is 1.04. The van der Waals surface area contributed by atoms with Gasteiger partial charge in [0.15, 0.2) is 0 Å². The van der Waals surface area contributed by atoms with Gasteiger partial charge in [-0.15, -0.1) is 0 Å². The van der Waals surface area contributed by atoms with Gasteiger partial charge in [0, 0.05) is 44.4 Å². The summed E-state index contributed by atoms with van der Waals surface area (Å²) in [5, 5.41) is 0. The predicted octanol–water partition coefficient (Wildman–Crippen LogP) is 3.38. The van der Waals surface area contributed by atoms with Crippen molar-refractivity contribution in [3.63, 3.8) is 0 Å². The largest absolute Gasteiger partial charge is 0.378 e. The van der Waals surface area contributed by atoms with Gasteiger partial charge in [-0.3, -0.25) is 4.79 Å². The number of likely N-dealkylation sites (tertiary alicyclic amines) is 1. The number of rotatable bonds is 3. The maximum Gasteiger partial charge on any atom is 0.253 e. The Labute approximate surface area is 132 Å². The molecule has 1 unspecified atom stereocenters. The van der Waals surface area contributed by atoms with Crippen molar-refractivity contribution in [1.82, 2.24) is 4.90 Å². The summed E-state index contributed by atoms with van der Waals surface area (Å²) in [5.41, 5.74) is 3.17. The van der Waals surface area contributed by atoms with E-state index in [4.69, 9.17) is 0 Å². The second kappa shape index (κ2) is 6.22. The van der Waals surface area contributed by atoms with E-state index in [0.29, 0.717) is 5.92 Å². The fourth-order valence-electron chi connectivity index (χ4n) is 3.04. The second-order valence-corrected chi connectivity index (χ2v) is 6.09. The van der Waals surface area contributed by atoms with Crippen LogP contribution in [0.1, 0.15) is 28.3 Å². The molecule has 0 aliphatic carbocycles. The molecule has 1 amide bonds. The van der Waals surface area contributed by atoms with Crippen LogP contribution in [0.25, 0.3) is 0 Å². The van der Waals surface area contributed by atoms with Gasteiger partial charge in [0.05, 0.1) is 0 Å². The highest BCUT2D eigenvalue weighted by Crippen LogP contribution is 2.28. The molecule has 114 valence electrons. The monoisotopic (exact) mass is 294 g/mol. The lowest BCUT2D eigenvalue weighted by Gasteiger charge is -2.18. The first-order valence-corrected chi connectivity index (χ1v) is 7.77. The van der Waals surface area contributed by atoms with Gasteiger partial charge in [-0.25, -0.2) is 0 Å². The fourth-order valence-corrected chi connectivity index (χ4v) is 3.04. The number of carbonyl (C=O) groups is 1. The topological polar surface area (TPSA) is 23.6 Å². The molecule has 0 N–H and O–H groups in total. The van der Waals surface area contributed by atoms with Crippen LogP contribution in [-0.4, -0.2) is 38.0 Å². The molecule has 3 nitrogen and oxygen atoms in total. The predicted molar refractivity (Wildman–Crippen MR) is 90.5 cm³/mol. The van der Waals surface area contributed by atoms with E-state index in [9.17, 15) is 4.79 Å². The van der Waals surface area contributed by atoms with E-state index in [2.05, 4.69) is 24.3 Å². The van der Waals surface area contributed by atoms with Crippen LogP contribution in [0.3, 0.4) is 0 Å². The molecule has 1 saturated heterocycles. The van der Waals surface area contributed by atoms with Gasteiger partial charge in [-0.05, 0) is 30.2 Å². The lowest BCUT2D eigenvalue weighted by molar-refractivity contribution is 0.0791. The summed E-state index contributed by atoms with van der Waals surface area (Å²) in [6.45, 7) is 1.65. The zero-order valence-electron chi connectivity index (χ0n) is 13.2. The van der Waals surface area contributed by atoms with Gasteiger partial charge < -0.3 is 9.80 Å². The molecule has 1 heterocycles. The van der Waals surface area contributed by atoms with Gasteiger partial charge in [0.1, 0.15) is 0 Å². The number of amides is 1. The van der Waals surface area contributed by atoms with Crippen molar-refractivity contribution in [3.05, 3.63) is 65.7 Å². The van der Waals surface area contributed by atoms with E-state index in [1.807, 2.05) is 54.2 Å². The molecule has 1 aliphatic heterocycles. The van der Waals surface area contributed by atoms with E-state index in [1.165, 1.54) is 5.56 Å². The Balaban J connectivity index is 1.73. The normalized spacial score (nSPS) is 17.5. The summed E-state index contributed by atoms with van der Waals surface area (Å²) >= 11 is 0. The van der Waals surface area contributed by atoms with Crippen molar-refractivity contribution in [2.24, 2.45) is 0 Å². The van der Waals surface area contributed by atoms with Crippen LogP contribution in [0.4, 0.5) is 5.69 Å². The number of benzene rings is 2. The minimum atomic E-state index is 0.141. The van der Waals surface area contributed by atoms with Gasteiger partial charge >= 0.3 is 0 Å². The highest BCUT2D eigenvalue weighted by Gasteiger charge is 2.27. The van der Waals surface area contributed by atoms with Crippen molar-refractivity contribution in [2.75, 3.05) is 32.1 Å². The highest BCUT2D eigenvalue weighted by molar-refractivity contribution is 5.95. The van der Waals surface area contributed by atoms with Crippen LogP contribution < -0.4 is 4.90 Å². The Hall–Kier alpha value is -2.29. The minimum Gasteiger partial charge on any atom is -0.378 e. The molecule has 0 radical (unpaired) electrons. The molecule has 1 fully saturated rings. The van der Waals surface area contributed by atoms with E-state index < -0.39 is 0 Å².